The molecule has 9 nitrogen and oxygen atoms in total. The lowest BCUT2D eigenvalue weighted by Crippen LogP contribution is -2.36. The molecule has 1 aliphatic carbocycles. The molecule has 0 unspecified atom stereocenters. The van der Waals surface area contributed by atoms with Crippen molar-refractivity contribution in [2.24, 2.45) is 7.05 Å². The SMILES string of the molecule is Cn1c(SCC(=O)c2c(N)n(C3CC3)c(=O)[nH]c2=O)nc2scc(-c3cccs3)c2c1=O. The van der Waals surface area contributed by atoms with E-state index in [4.69, 9.17) is 5.73 Å². The highest BCUT2D eigenvalue weighted by molar-refractivity contribution is 7.99. The number of thiophene rings is 2. The molecule has 12 heteroatoms. The zero-order valence-corrected chi connectivity index (χ0v) is 19.2. The summed E-state index contributed by atoms with van der Waals surface area (Å²) in [7, 11) is 1.60. The van der Waals surface area contributed by atoms with Crippen LogP contribution in [-0.4, -0.2) is 30.6 Å². The molecule has 1 fully saturated rings. The summed E-state index contributed by atoms with van der Waals surface area (Å²) in [5.41, 5.74) is 5.03. The van der Waals surface area contributed by atoms with Crippen molar-refractivity contribution in [2.75, 3.05) is 11.5 Å². The Morgan fingerprint density at radius 2 is 2.09 bits per heavy atom. The second-order valence-corrected chi connectivity index (χ2v) is 10.1. The zero-order chi connectivity index (χ0) is 22.6. The molecule has 1 aliphatic rings. The lowest BCUT2D eigenvalue weighted by atomic mass is 10.2. The monoisotopic (exact) mass is 487 g/mol. The zero-order valence-electron chi connectivity index (χ0n) is 16.8. The van der Waals surface area contributed by atoms with E-state index in [0.29, 0.717) is 15.4 Å². The predicted molar refractivity (Wildman–Crippen MR) is 127 cm³/mol. The highest BCUT2D eigenvalue weighted by atomic mass is 32.2. The molecule has 0 radical (unpaired) electrons. The van der Waals surface area contributed by atoms with E-state index in [9.17, 15) is 19.2 Å². The summed E-state index contributed by atoms with van der Waals surface area (Å²) in [6.45, 7) is 0. The van der Waals surface area contributed by atoms with Crippen LogP contribution in [0.1, 0.15) is 29.2 Å². The minimum absolute atomic E-state index is 0.0835. The smallest absolute Gasteiger partial charge is 0.330 e. The number of rotatable bonds is 6. The van der Waals surface area contributed by atoms with Crippen LogP contribution < -0.4 is 22.5 Å². The van der Waals surface area contributed by atoms with Crippen molar-refractivity contribution in [2.45, 2.75) is 24.0 Å². The Bertz CT molecular complexity index is 1540. The van der Waals surface area contributed by atoms with Gasteiger partial charge in [-0.1, -0.05) is 17.8 Å². The summed E-state index contributed by atoms with van der Waals surface area (Å²) in [6, 6.07) is 3.80. The number of carbonyl (C=O) groups excluding carboxylic acids is 1. The average molecular weight is 488 g/mol. The normalized spacial score (nSPS) is 13.7. The molecule has 4 aromatic rings. The second-order valence-electron chi connectivity index (χ2n) is 7.40. The van der Waals surface area contributed by atoms with Gasteiger partial charge in [0.2, 0.25) is 0 Å². The fourth-order valence-corrected chi connectivity index (χ4v) is 6.18. The molecule has 0 amide bonds. The average Bonchev–Trinajstić information content (AvgIpc) is 3.24. The molecule has 0 bridgehead atoms. The van der Waals surface area contributed by atoms with E-state index in [0.717, 1.165) is 35.0 Å². The number of Topliss-reactive ketones (excluding diaryl/α,β-unsaturated/α-hetero) is 1. The van der Waals surface area contributed by atoms with Crippen molar-refractivity contribution in [3.63, 3.8) is 0 Å². The molecular formula is C20H17N5O4S3. The number of hydrogen-bond acceptors (Lipinski definition) is 9. The van der Waals surface area contributed by atoms with Gasteiger partial charge in [-0.25, -0.2) is 9.78 Å². The minimum atomic E-state index is -0.800. The van der Waals surface area contributed by atoms with E-state index in [1.54, 1.807) is 18.4 Å². The van der Waals surface area contributed by atoms with Gasteiger partial charge >= 0.3 is 5.69 Å². The Kier molecular flexibility index (Phi) is 5.14. The summed E-state index contributed by atoms with van der Waals surface area (Å²) < 4.78 is 2.68. The van der Waals surface area contributed by atoms with E-state index < -0.39 is 17.0 Å². The van der Waals surface area contributed by atoms with E-state index in [1.807, 2.05) is 22.9 Å². The minimum Gasteiger partial charge on any atom is -0.384 e. The largest absolute Gasteiger partial charge is 0.384 e. The molecule has 32 heavy (non-hydrogen) atoms. The maximum atomic E-state index is 13.0. The quantitative estimate of drug-likeness (QED) is 0.242. The standard InChI is InChI=1S/C20H17N5O4S3/c1-24-18(28)13-10(12-3-2-6-30-12)7-31-17(13)23-20(24)32-8-11(26)14-15(21)25(9-4-5-9)19(29)22-16(14)27/h2-3,6-7,9H,4-5,8,21H2,1H3,(H,22,27,29). The molecule has 4 aromatic heterocycles. The summed E-state index contributed by atoms with van der Waals surface area (Å²) in [5.74, 6) is -0.781. The number of nitrogens with two attached hydrogens (primary N) is 1. The highest BCUT2D eigenvalue weighted by Gasteiger charge is 2.30. The topological polar surface area (TPSA) is 133 Å². The maximum Gasteiger partial charge on any atom is 0.330 e. The van der Waals surface area contributed by atoms with Crippen LogP contribution in [0.2, 0.25) is 0 Å². The van der Waals surface area contributed by atoms with E-state index >= 15 is 0 Å². The number of aromatic amines is 1. The van der Waals surface area contributed by atoms with Crippen molar-refractivity contribution in [3.05, 3.63) is 59.6 Å². The predicted octanol–water partition coefficient (Wildman–Crippen LogP) is 2.47. The van der Waals surface area contributed by atoms with Gasteiger partial charge in [0.1, 0.15) is 16.2 Å². The Hall–Kier alpha value is -2.96. The number of nitrogens with one attached hydrogen (secondary N) is 1. The van der Waals surface area contributed by atoms with Crippen LogP contribution in [0.15, 0.2) is 42.4 Å². The molecule has 0 aliphatic heterocycles. The van der Waals surface area contributed by atoms with Crippen LogP contribution in [0.25, 0.3) is 20.7 Å². The van der Waals surface area contributed by atoms with Crippen molar-refractivity contribution in [1.29, 1.82) is 0 Å². The number of aromatic nitrogens is 4. The summed E-state index contributed by atoms with van der Waals surface area (Å²) in [6.07, 6.45) is 1.55. The molecule has 164 valence electrons. The van der Waals surface area contributed by atoms with Crippen LogP contribution in [0.3, 0.4) is 0 Å². The van der Waals surface area contributed by atoms with Gasteiger partial charge < -0.3 is 5.73 Å². The van der Waals surface area contributed by atoms with E-state index in [2.05, 4.69) is 9.97 Å². The van der Waals surface area contributed by atoms with Gasteiger partial charge in [-0.3, -0.25) is 28.5 Å². The first kappa shape index (κ1) is 20.9. The third-order valence-electron chi connectivity index (χ3n) is 5.27. The fourth-order valence-electron chi connectivity index (χ4n) is 3.53. The number of carbonyl (C=O) groups is 1. The summed E-state index contributed by atoms with van der Waals surface area (Å²) in [5, 5.41) is 4.77. The third-order valence-corrected chi connectivity index (χ3v) is 8.07. The van der Waals surface area contributed by atoms with Crippen LogP contribution in [-0.2, 0) is 7.05 Å². The number of nitrogen functional groups attached to an aromatic ring is 1. The Labute approximate surface area is 192 Å². The van der Waals surface area contributed by atoms with Gasteiger partial charge in [0.15, 0.2) is 10.9 Å². The third kappa shape index (κ3) is 3.44. The van der Waals surface area contributed by atoms with Crippen molar-refractivity contribution in [1.82, 2.24) is 19.1 Å². The Morgan fingerprint density at radius 3 is 2.78 bits per heavy atom. The number of fused-ring (bicyclic) bond motifs is 1. The molecule has 0 aromatic carbocycles. The van der Waals surface area contributed by atoms with Gasteiger partial charge in [-0.2, -0.15) is 0 Å². The lowest BCUT2D eigenvalue weighted by Gasteiger charge is -2.11. The van der Waals surface area contributed by atoms with Gasteiger partial charge in [-0.15, -0.1) is 22.7 Å². The first-order valence-corrected chi connectivity index (χ1v) is 12.4. The van der Waals surface area contributed by atoms with Crippen molar-refractivity contribution < 1.29 is 4.79 Å². The van der Waals surface area contributed by atoms with E-state index in [-0.39, 0.29) is 28.7 Å². The Balaban J connectivity index is 1.46. The molecule has 0 saturated heterocycles. The first-order valence-electron chi connectivity index (χ1n) is 9.69. The molecular weight excluding hydrogens is 470 g/mol. The maximum absolute atomic E-state index is 13.0. The number of hydrogen-bond donors (Lipinski definition) is 2. The fraction of sp³-hybridized carbons (Fsp3) is 0.250. The van der Waals surface area contributed by atoms with Gasteiger partial charge in [0.05, 0.1) is 11.1 Å². The van der Waals surface area contributed by atoms with Crippen LogP contribution in [0, 0.1) is 0 Å². The second kappa shape index (κ2) is 7.87. The molecule has 0 atom stereocenters. The number of nitrogens with zero attached hydrogens (tertiary/aromatic N) is 3. The van der Waals surface area contributed by atoms with E-state index in [1.165, 1.54) is 20.5 Å². The van der Waals surface area contributed by atoms with Crippen LogP contribution in [0.5, 0.6) is 0 Å². The lowest BCUT2D eigenvalue weighted by molar-refractivity contribution is 0.102. The molecule has 0 spiro atoms. The van der Waals surface area contributed by atoms with Gasteiger partial charge in [0, 0.05) is 28.9 Å². The molecule has 4 heterocycles. The Morgan fingerprint density at radius 1 is 1.31 bits per heavy atom. The first-order chi connectivity index (χ1) is 15.4. The number of ketones is 1. The summed E-state index contributed by atoms with van der Waals surface area (Å²) in [4.78, 5) is 58.5. The molecule has 1 saturated carbocycles. The summed E-state index contributed by atoms with van der Waals surface area (Å²) >= 11 is 3.97. The number of thioether (sulfide) groups is 1. The van der Waals surface area contributed by atoms with Gasteiger partial charge in [0.25, 0.3) is 11.1 Å². The van der Waals surface area contributed by atoms with Crippen molar-refractivity contribution in [3.8, 4) is 10.4 Å². The molecule has 3 N–H and O–H groups in total. The number of H-pyrrole nitrogens is 1. The van der Waals surface area contributed by atoms with Crippen molar-refractivity contribution >= 4 is 56.3 Å². The molecule has 5 rings (SSSR count). The number of anilines is 1. The van der Waals surface area contributed by atoms with Crippen LogP contribution >= 0.6 is 34.4 Å². The van der Waals surface area contributed by atoms with Gasteiger partial charge in [-0.05, 0) is 24.3 Å². The highest BCUT2D eigenvalue weighted by Crippen LogP contribution is 2.36. The van der Waals surface area contributed by atoms with Crippen LogP contribution in [0.4, 0.5) is 5.82 Å².